The standard InChI is InChI=1S/C24H25ClN4O2/c1-16-4-6-19(17(2)14-16)21-7-9-23(27-26-21)28-10-12-29(13-11-28)24(30)20-15-18(25)5-8-22(20)31-3/h4-9,14-15H,10-13H2,1-3H3. The summed E-state index contributed by atoms with van der Waals surface area (Å²) in [7, 11) is 1.55. The number of anilines is 1. The summed E-state index contributed by atoms with van der Waals surface area (Å²) < 4.78 is 5.33. The minimum atomic E-state index is -0.0738. The molecule has 1 fully saturated rings. The van der Waals surface area contributed by atoms with Crippen LogP contribution in [0.5, 0.6) is 5.75 Å². The molecular formula is C24H25ClN4O2. The van der Waals surface area contributed by atoms with Gasteiger partial charge in [0.05, 0.1) is 18.4 Å². The number of carbonyl (C=O) groups is 1. The number of nitrogens with zero attached hydrogens (tertiary/aromatic N) is 4. The summed E-state index contributed by atoms with van der Waals surface area (Å²) in [5.74, 6) is 1.28. The maximum Gasteiger partial charge on any atom is 0.257 e. The van der Waals surface area contributed by atoms with Crippen molar-refractivity contribution < 1.29 is 9.53 Å². The van der Waals surface area contributed by atoms with Crippen LogP contribution in [-0.2, 0) is 0 Å². The molecule has 0 atom stereocenters. The van der Waals surface area contributed by atoms with Crippen LogP contribution in [-0.4, -0.2) is 54.3 Å². The van der Waals surface area contributed by atoms with Crippen molar-refractivity contribution in [3.8, 4) is 17.0 Å². The molecule has 0 aliphatic carbocycles. The largest absolute Gasteiger partial charge is 0.496 e. The number of aromatic nitrogens is 2. The molecule has 7 heteroatoms. The Kier molecular flexibility index (Phi) is 6.09. The third-order valence-corrected chi connectivity index (χ3v) is 5.83. The fourth-order valence-corrected chi connectivity index (χ4v) is 4.07. The van der Waals surface area contributed by atoms with Crippen LogP contribution in [0.25, 0.3) is 11.3 Å². The van der Waals surface area contributed by atoms with Crippen LogP contribution in [0.1, 0.15) is 21.5 Å². The van der Waals surface area contributed by atoms with Crippen molar-refractivity contribution >= 4 is 23.3 Å². The van der Waals surface area contributed by atoms with Crippen LogP contribution in [0.3, 0.4) is 0 Å². The number of hydrogen-bond acceptors (Lipinski definition) is 5. The highest BCUT2D eigenvalue weighted by Crippen LogP contribution is 2.26. The van der Waals surface area contributed by atoms with Crippen LogP contribution >= 0.6 is 11.6 Å². The van der Waals surface area contributed by atoms with Crippen molar-refractivity contribution in [3.63, 3.8) is 0 Å². The number of benzene rings is 2. The molecule has 1 amide bonds. The molecule has 1 aliphatic rings. The van der Waals surface area contributed by atoms with E-state index in [1.54, 1.807) is 25.3 Å². The molecule has 4 rings (SSSR count). The number of ether oxygens (including phenoxy) is 1. The number of halogens is 1. The summed E-state index contributed by atoms with van der Waals surface area (Å²) in [6.07, 6.45) is 0. The van der Waals surface area contributed by atoms with E-state index in [1.807, 2.05) is 17.0 Å². The van der Waals surface area contributed by atoms with Gasteiger partial charge in [-0.3, -0.25) is 4.79 Å². The maximum atomic E-state index is 13.0. The van der Waals surface area contributed by atoms with E-state index in [0.717, 1.165) is 17.1 Å². The van der Waals surface area contributed by atoms with E-state index < -0.39 is 0 Å². The van der Waals surface area contributed by atoms with E-state index in [2.05, 4.69) is 47.1 Å². The van der Waals surface area contributed by atoms with Crippen molar-refractivity contribution in [1.29, 1.82) is 0 Å². The number of carbonyl (C=O) groups excluding carboxylic acids is 1. The van der Waals surface area contributed by atoms with Gasteiger partial charge in [-0.25, -0.2) is 0 Å². The van der Waals surface area contributed by atoms with Crippen molar-refractivity contribution in [3.05, 3.63) is 70.2 Å². The zero-order chi connectivity index (χ0) is 22.0. The lowest BCUT2D eigenvalue weighted by Gasteiger charge is -2.35. The van der Waals surface area contributed by atoms with Gasteiger partial charge in [-0.05, 0) is 49.7 Å². The Labute approximate surface area is 187 Å². The Morgan fingerprint density at radius 2 is 1.74 bits per heavy atom. The normalized spacial score (nSPS) is 13.9. The zero-order valence-electron chi connectivity index (χ0n) is 17.9. The van der Waals surface area contributed by atoms with Crippen molar-refractivity contribution in [2.24, 2.45) is 0 Å². The number of hydrogen-bond donors (Lipinski definition) is 0. The Hall–Kier alpha value is -3.12. The molecule has 0 radical (unpaired) electrons. The first-order valence-corrected chi connectivity index (χ1v) is 10.6. The fourth-order valence-electron chi connectivity index (χ4n) is 3.89. The third-order valence-electron chi connectivity index (χ3n) is 5.59. The number of amides is 1. The van der Waals surface area contributed by atoms with Gasteiger partial charge in [0.25, 0.3) is 5.91 Å². The minimum absolute atomic E-state index is 0.0738. The highest BCUT2D eigenvalue weighted by Gasteiger charge is 2.25. The van der Waals surface area contributed by atoms with Gasteiger partial charge in [-0.15, -0.1) is 10.2 Å². The molecule has 3 aromatic rings. The number of methoxy groups -OCH3 is 1. The first kappa shape index (κ1) is 21.1. The smallest absolute Gasteiger partial charge is 0.257 e. The predicted octanol–water partition coefficient (Wildman–Crippen LogP) is 4.38. The Balaban J connectivity index is 1.43. The van der Waals surface area contributed by atoms with E-state index in [1.165, 1.54) is 11.1 Å². The second kappa shape index (κ2) is 8.94. The molecule has 2 aromatic carbocycles. The second-order valence-electron chi connectivity index (χ2n) is 7.72. The molecule has 0 spiro atoms. The second-order valence-corrected chi connectivity index (χ2v) is 8.16. The molecule has 1 aliphatic heterocycles. The summed E-state index contributed by atoms with van der Waals surface area (Å²) in [6.45, 7) is 6.73. The summed E-state index contributed by atoms with van der Waals surface area (Å²) in [6, 6.07) is 15.4. The van der Waals surface area contributed by atoms with Crippen LogP contribution in [0.2, 0.25) is 5.02 Å². The minimum Gasteiger partial charge on any atom is -0.496 e. The molecule has 1 aromatic heterocycles. The van der Waals surface area contributed by atoms with Gasteiger partial charge in [0.1, 0.15) is 5.75 Å². The van der Waals surface area contributed by atoms with E-state index >= 15 is 0 Å². The lowest BCUT2D eigenvalue weighted by molar-refractivity contribution is 0.0743. The Morgan fingerprint density at radius 1 is 0.968 bits per heavy atom. The van der Waals surface area contributed by atoms with Gasteiger partial charge in [0.2, 0.25) is 0 Å². The van der Waals surface area contributed by atoms with Gasteiger partial charge in [-0.1, -0.05) is 35.4 Å². The van der Waals surface area contributed by atoms with Gasteiger partial charge >= 0.3 is 0 Å². The van der Waals surface area contributed by atoms with Crippen molar-refractivity contribution in [2.75, 3.05) is 38.2 Å². The summed E-state index contributed by atoms with van der Waals surface area (Å²) in [5, 5.41) is 9.41. The highest BCUT2D eigenvalue weighted by molar-refractivity contribution is 6.31. The molecule has 160 valence electrons. The molecule has 0 unspecified atom stereocenters. The van der Waals surface area contributed by atoms with E-state index in [4.69, 9.17) is 16.3 Å². The van der Waals surface area contributed by atoms with Crippen LogP contribution in [0.15, 0.2) is 48.5 Å². The molecule has 31 heavy (non-hydrogen) atoms. The SMILES string of the molecule is COc1ccc(Cl)cc1C(=O)N1CCN(c2ccc(-c3ccc(C)cc3C)nn2)CC1. The maximum absolute atomic E-state index is 13.0. The van der Waals surface area contributed by atoms with Gasteiger partial charge in [0.15, 0.2) is 5.82 Å². The number of aryl methyl sites for hydroxylation is 2. The van der Waals surface area contributed by atoms with E-state index in [0.29, 0.717) is 42.5 Å². The average Bonchev–Trinajstić information content (AvgIpc) is 2.79. The molecule has 2 heterocycles. The lowest BCUT2D eigenvalue weighted by Crippen LogP contribution is -2.49. The van der Waals surface area contributed by atoms with Gasteiger partial charge < -0.3 is 14.5 Å². The van der Waals surface area contributed by atoms with E-state index in [9.17, 15) is 4.79 Å². The van der Waals surface area contributed by atoms with Gasteiger partial charge in [-0.2, -0.15) is 0 Å². The predicted molar refractivity (Wildman–Crippen MR) is 123 cm³/mol. The first-order valence-electron chi connectivity index (χ1n) is 10.3. The lowest BCUT2D eigenvalue weighted by atomic mass is 10.0. The molecule has 1 saturated heterocycles. The first-order chi connectivity index (χ1) is 15.0. The molecule has 0 N–H and O–H groups in total. The monoisotopic (exact) mass is 436 g/mol. The molecule has 0 saturated carbocycles. The molecule has 0 bridgehead atoms. The van der Waals surface area contributed by atoms with Crippen LogP contribution in [0.4, 0.5) is 5.82 Å². The topological polar surface area (TPSA) is 58.6 Å². The summed E-state index contributed by atoms with van der Waals surface area (Å²) in [5.41, 5.74) is 4.86. The van der Waals surface area contributed by atoms with Crippen molar-refractivity contribution in [1.82, 2.24) is 15.1 Å². The van der Waals surface area contributed by atoms with Crippen LogP contribution < -0.4 is 9.64 Å². The van der Waals surface area contributed by atoms with E-state index in [-0.39, 0.29) is 5.91 Å². The van der Waals surface area contributed by atoms with Crippen LogP contribution in [0, 0.1) is 13.8 Å². The summed E-state index contributed by atoms with van der Waals surface area (Å²) in [4.78, 5) is 16.9. The van der Waals surface area contributed by atoms with Crippen molar-refractivity contribution in [2.45, 2.75) is 13.8 Å². The Bertz CT molecular complexity index is 1090. The molecule has 6 nitrogen and oxygen atoms in total. The van der Waals surface area contributed by atoms with Gasteiger partial charge in [0, 0.05) is 36.8 Å². The molecular weight excluding hydrogens is 412 g/mol. The third kappa shape index (κ3) is 4.49. The number of piperazine rings is 1. The Morgan fingerprint density at radius 3 is 2.39 bits per heavy atom. The summed E-state index contributed by atoms with van der Waals surface area (Å²) >= 11 is 6.08. The number of rotatable bonds is 4. The average molecular weight is 437 g/mol. The highest BCUT2D eigenvalue weighted by atomic mass is 35.5. The quantitative estimate of drug-likeness (QED) is 0.607. The fraction of sp³-hybridized carbons (Fsp3) is 0.292. The zero-order valence-corrected chi connectivity index (χ0v) is 18.7.